The van der Waals surface area contributed by atoms with Crippen LogP contribution in [0.25, 0.3) is 10.9 Å². The molecule has 0 unspecified atom stereocenters. The molecule has 0 fully saturated rings. The highest BCUT2D eigenvalue weighted by Gasteiger charge is 2.13. The zero-order valence-electron chi connectivity index (χ0n) is 9.81. The van der Waals surface area contributed by atoms with Gasteiger partial charge >= 0.3 is 0 Å². The summed E-state index contributed by atoms with van der Waals surface area (Å²) in [7, 11) is 0. The molecule has 1 aromatic heterocycles. The van der Waals surface area contributed by atoms with Gasteiger partial charge in [0, 0.05) is 32.6 Å². The fraction of sp³-hybridized carbons (Fsp3) is 0.154. The molecule has 0 aliphatic carbocycles. The second kappa shape index (κ2) is 5.28. The molecule has 94 valence electrons. The minimum atomic E-state index is -0.0986. The molecule has 0 spiro atoms. The van der Waals surface area contributed by atoms with Gasteiger partial charge in [-0.15, -0.1) is 0 Å². The SMILES string of the molecule is C=C(C)CNC(=O)c1c[nH]c2cc(Br)c(Br)cc12. The second-order valence-corrected chi connectivity index (χ2v) is 5.86. The number of fused-ring (bicyclic) bond motifs is 1. The minimum Gasteiger partial charge on any atom is -0.360 e. The highest BCUT2D eigenvalue weighted by Crippen LogP contribution is 2.29. The Balaban J connectivity index is 2.37. The number of carbonyl (C=O) groups excluding carboxylic acids is 1. The van der Waals surface area contributed by atoms with Crippen molar-refractivity contribution in [3.8, 4) is 0 Å². The topological polar surface area (TPSA) is 44.9 Å². The van der Waals surface area contributed by atoms with Crippen LogP contribution in [0.4, 0.5) is 0 Å². The summed E-state index contributed by atoms with van der Waals surface area (Å²) in [5.74, 6) is -0.0986. The quantitative estimate of drug-likeness (QED) is 0.787. The van der Waals surface area contributed by atoms with Crippen molar-refractivity contribution < 1.29 is 4.79 Å². The summed E-state index contributed by atoms with van der Waals surface area (Å²) in [6, 6.07) is 3.86. The normalized spacial score (nSPS) is 10.6. The molecule has 0 radical (unpaired) electrons. The number of benzene rings is 1. The maximum absolute atomic E-state index is 12.0. The van der Waals surface area contributed by atoms with Gasteiger partial charge in [-0.1, -0.05) is 12.2 Å². The van der Waals surface area contributed by atoms with Crippen LogP contribution in [0.3, 0.4) is 0 Å². The Hall–Kier alpha value is -1.07. The lowest BCUT2D eigenvalue weighted by Gasteiger charge is -2.04. The van der Waals surface area contributed by atoms with Gasteiger partial charge in [0.1, 0.15) is 0 Å². The lowest BCUT2D eigenvalue weighted by atomic mass is 10.1. The maximum Gasteiger partial charge on any atom is 0.253 e. The summed E-state index contributed by atoms with van der Waals surface area (Å²) in [5.41, 5.74) is 2.48. The van der Waals surface area contributed by atoms with E-state index in [1.54, 1.807) is 6.20 Å². The van der Waals surface area contributed by atoms with Crippen molar-refractivity contribution in [1.29, 1.82) is 0 Å². The van der Waals surface area contributed by atoms with E-state index in [9.17, 15) is 4.79 Å². The van der Waals surface area contributed by atoms with Gasteiger partial charge in [0.2, 0.25) is 0 Å². The molecule has 2 aromatic rings. The molecule has 1 amide bonds. The lowest BCUT2D eigenvalue weighted by molar-refractivity contribution is 0.0958. The van der Waals surface area contributed by atoms with Crippen molar-refractivity contribution in [2.45, 2.75) is 6.92 Å². The standard InChI is InChI=1S/C13H12Br2N2O/c1-7(2)5-17-13(18)9-6-16-12-4-11(15)10(14)3-8(9)12/h3-4,6,16H,1,5H2,2H3,(H,17,18). The van der Waals surface area contributed by atoms with Gasteiger partial charge in [0.25, 0.3) is 5.91 Å². The Morgan fingerprint density at radius 3 is 2.72 bits per heavy atom. The third kappa shape index (κ3) is 2.67. The first-order chi connectivity index (χ1) is 8.49. The zero-order valence-corrected chi connectivity index (χ0v) is 13.0. The number of H-pyrrole nitrogens is 1. The van der Waals surface area contributed by atoms with Crippen molar-refractivity contribution in [2.24, 2.45) is 0 Å². The van der Waals surface area contributed by atoms with Gasteiger partial charge in [-0.05, 0) is 50.9 Å². The maximum atomic E-state index is 12.0. The third-order valence-corrected chi connectivity index (χ3v) is 4.36. The molecule has 1 aromatic carbocycles. The number of nitrogens with one attached hydrogen (secondary N) is 2. The Morgan fingerprint density at radius 2 is 2.06 bits per heavy atom. The second-order valence-electron chi connectivity index (χ2n) is 4.15. The third-order valence-electron chi connectivity index (χ3n) is 2.52. The first-order valence-electron chi connectivity index (χ1n) is 5.37. The number of aromatic nitrogens is 1. The van der Waals surface area contributed by atoms with Gasteiger partial charge in [0.05, 0.1) is 5.56 Å². The van der Waals surface area contributed by atoms with E-state index in [1.807, 2.05) is 19.1 Å². The number of aromatic amines is 1. The first-order valence-corrected chi connectivity index (χ1v) is 6.96. The Labute approximate surface area is 122 Å². The molecular formula is C13H12Br2N2O. The minimum absolute atomic E-state index is 0.0986. The van der Waals surface area contributed by atoms with Gasteiger partial charge in [-0.3, -0.25) is 4.79 Å². The fourth-order valence-electron chi connectivity index (χ4n) is 1.63. The smallest absolute Gasteiger partial charge is 0.253 e. The Kier molecular flexibility index (Phi) is 3.92. The van der Waals surface area contributed by atoms with Crippen molar-refractivity contribution >= 4 is 48.7 Å². The van der Waals surface area contributed by atoms with E-state index in [1.165, 1.54) is 0 Å². The van der Waals surface area contributed by atoms with Crippen LogP contribution < -0.4 is 5.32 Å². The van der Waals surface area contributed by atoms with Crippen molar-refractivity contribution in [3.05, 3.63) is 45.0 Å². The van der Waals surface area contributed by atoms with Crippen LogP contribution in [0.5, 0.6) is 0 Å². The predicted molar refractivity (Wildman–Crippen MR) is 80.8 cm³/mol. The average Bonchev–Trinajstić information content (AvgIpc) is 2.69. The lowest BCUT2D eigenvalue weighted by Crippen LogP contribution is -2.24. The molecule has 2 N–H and O–H groups in total. The van der Waals surface area contributed by atoms with E-state index >= 15 is 0 Å². The zero-order chi connectivity index (χ0) is 13.3. The molecule has 3 nitrogen and oxygen atoms in total. The molecular weight excluding hydrogens is 360 g/mol. The van der Waals surface area contributed by atoms with Crippen molar-refractivity contribution in [2.75, 3.05) is 6.54 Å². The van der Waals surface area contributed by atoms with Crippen LogP contribution >= 0.6 is 31.9 Å². The van der Waals surface area contributed by atoms with Crippen molar-refractivity contribution in [3.63, 3.8) is 0 Å². The molecule has 2 rings (SSSR count). The predicted octanol–water partition coefficient (Wildman–Crippen LogP) is 4.00. The molecule has 0 aliphatic heterocycles. The number of hydrogen-bond donors (Lipinski definition) is 2. The highest BCUT2D eigenvalue weighted by atomic mass is 79.9. The number of halogens is 2. The van der Waals surface area contributed by atoms with E-state index < -0.39 is 0 Å². The van der Waals surface area contributed by atoms with E-state index in [2.05, 4.69) is 48.7 Å². The van der Waals surface area contributed by atoms with Crippen LogP contribution in [0.1, 0.15) is 17.3 Å². The van der Waals surface area contributed by atoms with E-state index in [0.29, 0.717) is 12.1 Å². The van der Waals surface area contributed by atoms with Gasteiger partial charge in [-0.25, -0.2) is 0 Å². The van der Waals surface area contributed by atoms with Gasteiger partial charge in [-0.2, -0.15) is 0 Å². The molecule has 18 heavy (non-hydrogen) atoms. The number of carbonyl (C=O) groups is 1. The van der Waals surface area contributed by atoms with Crippen LogP contribution in [0.15, 0.2) is 39.4 Å². The van der Waals surface area contributed by atoms with Crippen LogP contribution in [0, 0.1) is 0 Å². The molecule has 1 heterocycles. The average molecular weight is 372 g/mol. The Morgan fingerprint density at radius 1 is 1.39 bits per heavy atom. The summed E-state index contributed by atoms with van der Waals surface area (Å²) in [5, 5.41) is 3.72. The van der Waals surface area contributed by atoms with Crippen LogP contribution in [-0.2, 0) is 0 Å². The summed E-state index contributed by atoms with van der Waals surface area (Å²) >= 11 is 6.87. The van der Waals surface area contributed by atoms with Crippen molar-refractivity contribution in [1.82, 2.24) is 10.3 Å². The van der Waals surface area contributed by atoms with Gasteiger partial charge in [0.15, 0.2) is 0 Å². The molecule has 0 saturated carbocycles. The molecule has 0 atom stereocenters. The summed E-state index contributed by atoms with van der Waals surface area (Å²) in [6.07, 6.45) is 1.72. The fourth-order valence-corrected chi connectivity index (χ4v) is 2.32. The number of rotatable bonds is 3. The largest absolute Gasteiger partial charge is 0.360 e. The van der Waals surface area contributed by atoms with E-state index in [-0.39, 0.29) is 5.91 Å². The molecule has 0 bridgehead atoms. The summed E-state index contributed by atoms with van der Waals surface area (Å²) in [4.78, 5) is 15.1. The van der Waals surface area contributed by atoms with Crippen LogP contribution in [-0.4, -0.2) is 17.4 Å². The monoisotopic (exact) mass is 370 g/mol. The summed E-state index contributed by atoms with van der Waals surface area (Å²) in [6.45, 7) is 6.13. The molecule has 5 heteroatoms. The summed E-state index contributed by atoms with van der Waals surface area (Å²) < 4.78 is 1.87. The van der Waals surface area contributed by atoms with E-state index in [0.717, 1.165) is 25.4 Å². The number of hydrogen-bond acceptors (Lipinski definition) is 1. The number of amides is 1. The first kappa shape index (κ1) is 13.4. The molecule has 0 saturated heterocycles. The van der Waals surface area contributed by atoms with Crippen LogP contribution in [0.2, 0.25) is 0 Å². The van der Waals surface area contributed by atoms with Gasteiger partial charge < -0.3 is 10.3 Å². The Bertz CT molecular complexity index is 631. The van der Waals surface area contributed by atoms with E-state index in [4.69, 9.17) is 0 Å². The molecule has 0 aliphatic rings. The highest BCUT2D eigenvalue weighted by molar-refractivity contribution is 9.13.